The number of hydrogen-bond acceptors (Lipinski definition) is 3. The average molecular weight is 220 g/mol. The third kappa shape index (κ3) is 2.74. The molecule has 16 heavy (non-hydrogen) atoms. The van der Waals surface area contributed by atoms with E-state index in [0.29, 0.717) is 5.92 Å². The molecule has 1 heterocycles. The number of nitrogens with one attached hydrogen (secondary N) is 1. The lowest BCUT2D eigenvalue weighted by Gasteiger charge is -2.12. The maximum Gasteiger partial charge on any atom is 0.0507 e. The van der Waals surface area contributed by atoms with Gasteiger partial charge >= 0.3 is 0 Å². The van der Waals surface area contributed by atoms with E-state index in [2.05, 4.69) is 18.3 Å². The van der Waals surface area contributed by atoms with Crippen molar-refractivity contribution >= 4 is 5.69 Å². The van der Waals surface area contributed by atoms with Crippen LogP contribution in [0.25, 0.3) is 0 Å². The first-order valence-electron chi connectivity index (χ1n) is 5.90. The van der Waals surface area contributed by atoms with Crippen LogP contribution in [0.2, 0.25) is 0 Å². The number of anilines is 1. The Kier molecular flexibility index (Phi) is 3.80. The van der Waals surface area contributed by atoms with Gasteiger partial charge in [0.1, 0.15) is 0 Å². The van der Waals surface area contributed by atoms with Crippen LogP contribution in [0.4, 0.5) is 5.69 Å². The predicted octanol–water partition coefficient (Wildman–Crippen LogP) is 1.70. The van der Waals surface area contributed by atoms with Gasteiger partial charge < -0.3 is 15.8 Å². The first-order chi connectivity index (χ1) is 7.77. The van der Waals surface area contributed by atoms with Crippen LogP contribution in [-0.4, -0.2) is 19.8 Å². The maximum absolute atomic E-state index is 5.87. The molecule has 1 unspecified atom stereocenters. The zero-order chi connectivity index (χ0) is 11.4. The molecule has 0 saturated carbocycles. The molecule has 1 aromatic carbocycles. The van der Waals surface area contributed by atoms with Crippen molar-refractivity contribution in [3.8, 4) is 0 Å². The van der Waals surface area contributed by atoms with E-state index in [0.717, 1.165) is 32.0 Å². The number of ether oxygens (including phenoxy) is 1. The quantitative estimate of drug-likeness (QED) is 0.759. The van der Waals surface area contributed by atoms with E-state index in [1.807, 2.05) is 12.1 Å². The summed E-state index contributed by atoms with van der Waals surface area (Å²) in [6, 6.07) is 6.09. The normalized spacial score (nSPS) is 20.2. The van der Waals surface area contributed by atoms with Gasteiger partial charge in [-0.25, -0.2) is 0 Å². The highest BCUT2D eigenvalue weighted by molar-refractivity contribution is 5.49. The van der Waals surface area contributed by atoms with Crippen LogP contribution in [0.5, 0.6) is 0 Å². The Hall–Kier alpha value is -1.06. The summed E-state index contributed by atoms with van der Waals surface area (Å²) >= 11 is 0. The van der Waals surface area contributed by atoms with E-state index in [1.165, 1.54) is 17.5 Å². The van der Waals surface area contributed by atoms with Gasteiger partial charge in [-0.3, -0.25) is 0 Å². The van der Waals surface area contributed by atoms with E-state index < -0.39 is 0 Å². The van der Waals surface area contributed by atoms with E-state index in [1.54, 1.807) is 0 Å². The number of hydrogen-bond donors (Lipinski definition) is 2. The first-order valence-corrected chi connectivity index (χ1v) is 5.90. The summed E-state index contributed by atoms with van der Waals surface area (Å²) in [6.45, 7) is 5.83. The smallest absolute Gasteiger partial charge is 0.0507 e. The van der Waals surface area contributed by atoms with Gasteiger partial charge in [0.2, 0.25) is 0 Å². The third-order valence-corrected chi connectivity index (χ3v) is 3.26. The van der Waals surface area contributed by atoms with Crippen LogP contribution in [0, 0.1) is 12.8 Å². The van der Waals surface area contributed by atoms with Gasteiger partial charge in [0, 0.05) is 25.4 Å². The largest absolute Gasteiger partial charge is 0.399 e. The molecule has 0 bridgehead atoms. The second-order valence-corrected chi connectivity index (χ2v) is 4.49. The number of nitrogens with two attached hydrogens (primary N) is 1. The molecule has 3 heteroatoms. The second-order valence-electron chi connectivity index (χ2n) is 4.49. The van der Waals surface area contributed by atoms with E-state index in [-0.39, 0.29) is 0 Å². The van der Waals surface area contributed by atoms with Crippen molar-refractivity contribution in [2.24, 2.45) is 5.92 Å². The molecule has 1 atom stereocenters. The van der Waals surface area contributed by atoms with Crippen LogP contribution in [0.15, 0.2) is 18.2 Å². The van der Waals surface area contributed by atoms with Crippen LogP contribution in [0.1, 0.15) is 17.5 Å². The Balaban J connectivity index is 1.82. The molecule has 1 fully saturated rings. The number of nitrogen functional groups attached to an aromatic ring is 1. The fourth-order valence-electron chi connectivity index (χ4n) is 2.05. The summed E-state index contributed by atoms with van der Waals surface area (Å²) in [4.78, 5) is 0. The van der Waals surface area contributed by atoms with Gasteiger partial charge in [-0.1, -0.05) is 12.1 Å². The summed E-state index contributed by atoms with van der Waals surface area (Å²) in [5.74, 6) is 0.682. The van der Waals surface area contributed by atoms with Gasteiger partial charge in [0.05, 0.1) is 6.61 Å². The molecule has 0 radical (unpaired) electrons. The molecule has 88 valence electrons. The van der Waals surface area contributed by atoms with Crippen molar-refractivity contribution in [3.63, 3.8) is 0 Å². The van der Waals surface area contributed by atoms with E-state index in [4.69, 9.17) is 10.5 Å². The summed E-state index contributed by atoms with van der Waals surface area (Å²) in [6.07, 6.45) is 1.18. The molecule has 1 aliphatic rings. The van der Waals surface area contributed by atoms with Gasteiger partial charge in [0.25, 0.3) is 0 Å². The molecule has 0 aromatic heterocycles. The van der Waals surface area contributed by atoms with Crippen molar-refractivity contribution < 1.29 is 4.74 Å². The molecule has 1 aromatic rings. The average Bonchev–Trinajstić information content (AvgIpc) is 2.77. The van der Waals surface area contributed by atoms with Crippen LogP contribution >= 0.6 is 0 Å². The summed E-state index contributed by atoms with van der Waals surface area (Å²) in [5, 5.41) is 3.48. The predicted molar refractivity (Wildman–Crippen MR) is 66.2 cm³/mol. The Bertz CT molecular complexity index is 346. The minimum absolute atomic E-state index is 0.682. The zero-order valence-electron chi connectivity index (χ0n) is 9.83. The Morgan fingerprint density at radius 2 is 2.38 bits per heavy atom. The van der Waals surface area contributed by atoms with Gasteiger partial charge in [-0.2, -0.15) is 0 Å². The second kappa shape index (κ2) is 5.32. The Morgan fingerprint density at radius 3 is 3.12 bits per heavy atom. The molecule has 1 aliphatic heterocycles. The summed E-state index contributed by atoms with van der Waals surface area (Å²) < 4.78 is 5.34. The Morgan fingerprint density at radius 1 is 1.50 bits per heavy atom. The lowest BCUT2D eigenvalue weighted by atomic mass is 10.1. The third-order valence-electron chi connectivity index (χ3n) is 3.26. The molecule has 3 N–H and O–H groups in total. The highest BCUT2D eigenvalue weighted by Gasteiger charge is 2.14. The standard InChI is InChI=1S/C13H20N2O/c1-10-12(3-2-4-13(10)14)8-15-7-11-5-6-16-9-11/h2-4,11,15H,5-9,14H2,1H3. The molecule has 1 saturated heterocycles. The van der Waals surface area contributed by atoms with Crippen LogP contribution < -0.4 is 11.1 Å². The van der Waals surface area contributed by atoms with Gasteiger partial charge in [0.15, 0.2) is 0 Å². The van der Waals surface area contributed by atoms with E-state index in [9.17, 15) is 0 Å². The fraction of sp³-hybridized carbons (Fsp3) is 0.538. The number of benzene rings is 1. The lowest BCUT2D eigenvalue weighted by molar-refractivity contribution is 0.185. The van der Waals surface area contributed by atoms with E-state index >= 15 is 0 Å². The first kappa shape index (κ1) is 11.4. The van der Waals surface area contributed by atoms with Crippen molar-refractivity contribution in [1.29, 1.82) is 0 Å². The molecular formula is C13H20N2O. The maximum atomic E-state index is 5.87. The molecule has 3 nitrogen and oxygen atoms in total. The lowest BCUT2D eigenvalue weighted by Crippen LogP contribution is -2.23. The molecule has 0 aliphatic carbocycles. The molecular weight excluding hydrogens is 200 g/mol. The monoisotopic (exact) mass is 220 g/mol. The topological polar surface area (TPSA) is 47.3 Å². The molecule has 0 spiro atoms. The molecule has 2 rings (SSSR count). The van der Waals surface area contributed by atoms with Crippen molar-refractivity contribution in [3.05, 3.63) is 29.3 Å². The van der Waals surface area contributed by atoms with Gasteiger partial charge in [-0.05, 0) is 36.5 Å². The Labute approximate surface area is 97.0 Å². The highest BCUT2D eigenvalue weighted by Crippen LogP contribution is 2.16. The molecule has 0 amide bonds. The van der Waals surface area contributed by atoms with Gasteiger partial charge in [-0.15, -0.1) is 0 Å². The van der Waals surface area contributed by atoms with Crippen molar-refractivity contribution in [2.45, 2.75) is 19.9 Å². The van der Waals surface area contributed by atoms with Crippen molar-refractivity contribution in [2.75, 3.05) is 25.5 Å². The highest BCUT2D eigenvalue weighted by atomic mass is 16.5. The SMILES string of the molecule is Cc1c(N)cccc1CNCC1CCOC1. The number of rotatable bonds is 4. The zero-order valence-corrected chi connectivity index (χ0v) is 9.83. The fourth-order valence-corrected chi connectivity index (χ4v) is 2.05. The van der Waals surface area contributed by atoms with Crippen LogP contribution in [0.3, 0.4) is 0 Å². The minimum atomic E-state index is 0.682. The summed E-state index contributed by atoms with van der Waals surface area (Å²) in [5.41, 5.74) is 9.23. The van der Waals surface area contributed by atoms with Crippen LogP contribution in [-0.2, 0) is 11.3 Å². The minimum Gasteiger partial charge on any atom is -0.399 e. The van der Waals surface area contributed by atoms with Crippen molar-refractivity contribution in [1.82, 2.24) is 5.32 Å². The summed E-state index contributed by atoms with van der Waals surface area (Å²) in [7, 11) is 0.